The predicted octanol–water partition coefficient (Wildman–Crippen LogP) is 2.57. The number of nitrogens with one attached hydrogen (secondary N) is 1. The van der Waals surface area contributed by atoms with Gasteiger partial charge in [0.15, 0.2) is 5.82 Å². The van der Waals surface area contributed by atoms with Crippen LogP contribution in [-0.4, -0.2) is 20.3 Å². The monoisotopic (exact) mass is 251 g/mol. The Morgan fingerprint density at radius 1 is 1.16 bits per heavy atom. The summed E-state index contributed by atoms with van der Waals surface area (Å²) in [6.07, 6.45) is 3.58. The molecule has 0 aliphatic heterocycles. The van der Waals surface area contributed by atoms with E-state index < -0.39 is 0 Å². The molecule has 0 saturated heterocycles. The Labute approximate surface area is 110 Å². The predicted molar refractivity (Wildman–Crippen MR) is 75.3 cm³/mol. The first-order valence-corrected chi connectivity index (χ1v) is 5.99. The topological polar surface area (TPSA) is 54.6 Å². The molecule has 94 valence electrons. The van der Waals surface area contributed by atoms with E-state index in [4.69, 9.17) is 0 Å². The van der Waals surface area contributed by atoms with Crippen LogP contribution in [0.25, 0.3) is 5.52 Å². The quantitative estimate of drug-likeness (QED) is 0.575. The number of benzene rings is 1. The fourth-order valence-corrected chi connectivity index (χ4v) is 1.85. The van der Waals surface area contributed by atoms with Crippen LogP contribution >= 0.6 is 0 Å². The number of aromatic nitrogens is 3. The Balaban J connectivity index is 1.88. The second-order valence-electron chi connectivity index (χ2n) is 4.16. The minimum Gasteiger partial charge on any atom is -0.303 e. The van der Waals surface area contributed by atoms with Crippen LogP contribution in [0, 0.1) is 0 Å². The lowest BCUT2D eigenvalue weighted by atomic mass is 10.1. The molecule has 0 saturated carbocycles. The summed E-state index contributed by atoms with van der Waals surface area (Å²) in [6, 6.07) is 13.9. The molecule has 0 spiro atoms. The van der Waals surface area contributed by atoms with Crippen LogP contribution in [0.3, 0.4) is 0 Å². The van der Waals surface area contributed by atoms with Gasteiger partial charge < -0.3 is 4.40 Å². The lowest BCUT2D eigenvalue weighted by molar-refractivity contribution is 0.947. The summed E-state index contributed by atoms with van der Waals surface area (Å²) in [7, 11) is 0. The summed E-state index contributed by atoms with van der Waals surface area (Å²) in [4.78, 5) is 0. The molecule has 1 N–H and O–H groups in total. The van der Waals surface area contributed by atoms with Gasteiger partial charge in [-0.15, -0.1) is 10.2 Å². The summed E-state index contributed by atoms with van der Waals surface area (Å²) in [6.45, 7) is 1.95. The highest BCUT2D eigenvalue weighted by Crippen LogP contribution is 2.13. The van der Waals surface area contributed by atoms with Gasteiger partial charge in [-0.3, -0.25) is 5.43 Å². The first kappa shape index (κ1) is 11.4. The van der Waals surface area contributed by atoms with Gasteiger partial charge in [0.25, 0.3) is 0 Å². The Morgan fingerprint density at radius 3 is 2.84 bits per heavy atom. The van der Waals surface area contributed by atoms with E-state index in [1.54, 1.807) is 6.33 Å². The molecule has 0 aliphatic rings. The summed E-state index contributed by atoms with van der Waals surface area (Å²) < 4.78 is 1.89. The van der Waals surface area contributed by atoms with E-state index >= 15 is 0 Å². The lowest BCUT2D eigenvalue weighted by Gasteiger charge is -2.04. The van der Waals surface area contributed by atoms with E-state index in [1.165, 1.54) is 0 Å². The highest BCUT2D eigenvalue weighted by molar-refractivity contribution is 5.99. The van der Waals surface area contributed by atoms with Gasteiger partial charge in [-0.1, -0.05) is 30.3 Å². The molecular formula is C14H13N5. The molecule has 3 rings (SSSR count). The summed E-state index contributed by atoms with van der Waals surface area (Å²) >= 11 is 0. The Bertz CT molecular complexity index is 715. The van der Waals surface area contributed by atoms with E-state index in [0.29, 0.717) is 5.82 Å². The molecule has 0 radical (unpaired) electrons. The molecule has 0 bridgehead atoms. The molecule has 19 heavy (non-hydrogen) atoms. The molecular weight excluding hydrogens is 238 g/mol. The standard InChI is InChI=1S/C14H13N5/c1-11(12-6-3-2-4-7-12)16-18-14-13-8-5-9-19(13)10-15-17-14/h2-10H,1H3,(H,17,18). The number of fused-ring (bicyclic) bond motifs is 1. The molecule has 0 aliphatic carbocycles. The van der Waals surface area contributed by atoms with E-state index in [-0.39, 0.29) is 0 Å². The summed E-state index contributed by atoms with van der Waals surface area (Å²) in [5, 5.41) is 12.3. The van der Waals surface area contributed by atoms with E-state index in [0.717, 1.165) is 16.8 Å². The van der Waals surface area contributed by atoms with Crippen molar-refractivity contribution in [1.82, 2.24) is 14.6 Å². The van der Waals surface area contributed by atoms with Crippen LogP contribution in [0.5, 0.6) is 0 Å². The van der Waals surface area contributed by atoms with Gasteiger partial charge in [-0.25, -0.2) is 0 Å². The molecule has 0 amide bonds. The molecule has 2 aromatic heterocycles. The van der Waals surface area contributed by atoms with E-state index in [2.05, 4.69) is 20.7 Å². The first-order valence-electron chi connectivity index (χ1n) is 5.99. The molecule has 3 aromatic rings. The van der Waals surface area contributed by atoms with Crippen LogP contribution in [0.15, 0.2) is 60.1 Å². The second kappa shape index (κ2) is 4.89. The van der Waals surface area contributed by atoms with Crippen LogP contribution in [0.4, 0.5) is 5.82 Å². The van der Waals surface area contributed by atoms with Crippen molar-refractivity contribution in [2.45, 2.75) is 6.92 Å². The van der Waals surface area contributed by atoms with Crippen molar-refractivity contribution in [2.24, 2.45) is 5.10 Å². The van der Waals surface area contributed by atoms with Crippen molar-refractivity contribution in [1.29, 1.82) is 0 Å². The fraction of sp³-hybridized carbons (Fsp3) is 0.0714. The Kier molecular flexibility index (Phi) is 2.94. The van der Waals surface area contributed by atoms with Crippen LogP contribution in [0.2, 0.25) is 0 Å². The van der Waals surface area contributed by atoms with Gasteiger partial charge >= 0.3 is 0 Å². The third-order valence-electron chi connectivity index (χ3n) is 2.88. The van der Waals surface area contributed by atoms with Gasteiger partial charge in [0.05, 0.1) is 11.2 Å². The van der Waals surface area contributed by atoms with Crippen molar-refractivity contribution >= 4 is 17.0 Å². The van der Waals surface area contributed by atoms with Gasteiger partial charge in [0.2, 0.25) is 0 Å². The second-order valence-corrected chi connectivity index (χ2v) is 4.16. The summed E-state index contributed by atoms with van der Waals surface area (Å²) in [5.41, 5.74) is 5.88. The largest absolute Gasteiger partial charge is 0.303 e. The van der Waals surface area contributed by atoms with Gasteiger partial charge in [-0.2, -0.15) is 5.10 Å². The molecule has 0 fully saturated rings. The molecule has 0 unspecified atom stereocenters. The van der Waals surface area contributed by atoms with Crippen LogP contribution in [0.1, 0.15) is 12.5 Å². The maximum Gasteiger partial charge on any atom is 0.193 e. The maximum absolute atomic E-state index is 4.35. The zero-order valence-electron chi connectivity index (χ0n) is 10.5. The normalized spacial score (nSPS) is 11.7. The third-order valence-corrected chi connectivity index (χ3v) is 2.88. The average molecular weight is 251 g/mol. The Morgan fingerprint density at radius 2 is 2.00 bits per heavy atom. The highest BCUT2D eigenvalue weighted by Gasteiger charge is 2.02. The minimum atomic E-state index is 0.641. The van der Waals surface area contributed by atoms with Crippen molar-refractivity contribution in [3.8, 4) is 0 Å². The van der Waals surface area contributed by atoms with Gasteiger partial charge in [-0.05, 0) is 24.6 Å². The molecule has 5 nitrogen and oxygen atoms in total. The minimum absolute atomic E-state index is 0.641. The van der Waals surface area contributed by atoms with Crippen LogP contribution in [-0.2, 0) is 0 Å². The van der Waals surface area contributed by atoms with Gasteiger partial charge in [0.1, 0.15) is 6.33 Å². The van der Waals surface area contributed by atoms with E-state index in [9.17, 15) is 0 Å². The maximum atomic E-state index is 4.35. The number of nitrogens with zero attached hydrogens (tertiary/aromatic N) is 4. The number of anilines is 1. The highest BCUT2D eigenvalue weighted by atomic mass is 15.4. The molecule has 0 atom stereocenters. The SMILES string of the molecule is CC(=NNc1nncn2cccc12)c1ccccc1. The van der Waals surface area contributed by atoms with Crippen LogP contribution < -0.4 is 5.43 Å². The number of hydrogen-bond donors (Lipinski definition) is 1. The molecule has 1 aromatic carbocycles. The Hall–Kier alpha value is -2.69. The van der Waals surface area contributed by atoms with Crippen molar-refractivity contribution < 1.29 is 0 Å². The number of hydrazone groups is 1. The fourth-order valence-electron chi connectivity index (χ4n) is 1.85. The molecule has 5 heteroatoms. The smallest absolute Gasteiger partial charge is 0.193 e. The van der Waals surface area contributed by atoms with Crippen molar-refractivity contribution in [2.75, 3.05) is 5.43 Å². The van der Waals surface area contributed by atoms with Gasteiger partial charge in [0, 0.05) is 6.20 Å². The molecule has 2 heterocycles. The average Bonchev–Trinajstić information content (AvgIpc) is 2.94. The van der Waals surface area contributed by atoms with E-state index in [1.807, 2.05) is 60.0 Å². The number of rotatable bonds is 3. The zero-order valence-corrected chi connectivity index (χ0v) is 10.5. The summed E-state index contributed by atoms with van der Waals surface area (Å²) in [5.74, 6) is 0.641. The van der Waals surface area contributed by atoms with Crippen molar-refractivity contribution in [3.05, 3.63) is 60.6 Å². The number of hydrogen-bond acceptors (Lipinski definition) is 4. The first-order chi connectivity index (χ1) is 9.34. The third kappa shape index (κ3) is 2.30. The lowest BCUT2D eigenvalue weighted by Crippen LogP contribution is -2.03. The van der Waals surface area contributed by atoms with Crippen molar-refractivity contribution in [3.63, 3.8) is 0 Å². The zero-order chi connectivity index (χ0) is 13.1.